The molecule has 1 aromatic rings. The van der Waals surface area contributed by atoms with E-state index in [1.54, 1.807) is 0 Å². The summed E-state index contributed by atoms with van der Waals surface area (Å²) >= 11 is 0. The molecule has 18 heavy (non-hydrogen) atoms. The number of alkyl halides is 3. The van der Waals surface area contributed by atoms with Crippen LogP contribution in [0.3, 0.4) is 0 Å². The van der Waals surface area contributed by atoms with Crippen molar-refractivity contribution in [3.05, 3.63) is 29.6 Å². The van der Waals surface area contributed by atoms with Crippen LogP contribution in [0.4, 0.5) is 23.2 Å². The van der Waals surface area contributed by atoms with E-state index < -0.39 is 23.2 Å². The quantitative estimate of drug-likeness (QED) is 0.778. The van der Waals surface area contributed by atoms with E-state index in [4.69, 9.17) is 0 Å². The summed E-state index contributed by atoms with van der Waals surface area (Å²) in [5.74, 6) is -0.808. The fraction of sp³-hybridized carbons (Fsp3) is 0.300. The molecule has 0 spiro atoms. The van der Waals surface area contributed by atoms with Crippen LogP contribution in [-0.4, -0.2) is 19.0 Å². The number of nitrogens with one attached hydrogen (secondary N) is 2. The van der Waals surface area contributed by atoms with Crippen LogP contribution in [0.15, 0.2) is 23.2 Å². The molecule has 1 aromatic carbocycles. The van der Waals surface area contributed by atoms with E-state index in [1.165, 1.54) is 0 Å². The molecular weight excluding hydrogens is 274 g/mol. The highest BCUT2D eigenvalue weighted by Crippen LogP contribution is 2.36. The number of nitrogens with zero attached hydrogens (tertiary/aromatic N) is 1. The highest BCUT2D eigenvalue weighted by atomic mass is 35.5. The van der Waals surface area contributed by atoms with Gasteiger partial charge >= 0.3 is 6.18 Å². The van der Waals surface area contributed by atoms with Crippen molar-refractivity contribution in [3.8, 4) is 0 Å². The molecular formula is C10H10ClF4N3. The van der Waals surface area contributed by atoms with Crippen molar-refractivity contribution in [2.45, 2.75) is 6.18 Å². The number of benzene rings is 1. The summed E-state index contributed by atoms with van der Waals surface area (Å²) in [4.78, 5) is 3.86. The van der Waals surface area contributed by atoms with Crippen molar-refractivity contribution in [3.63, 3.8) is 0 Å². The number of hydrogen-bond donors (Lipinski definition) is 2. The highest BCUT2D eigenvalue weighted by molar-refractivity contribution is 5.95. The van der Waals surface area contributed by atoms with Gasteiger partial charge in [-0.2, -0.15) is 13.2 Å². The molecule has 0 unspecified atom stereocenters. The zero-order valence-corrected chi connectivity index (χ0v) is 9.83. The van der Waals surface area contributed by atoms with Gasteiger partial charge in [0.05, 0.1) is 17.8 Å². The molecule has 2 rings (SSSR count). The molecule has 8 heteroatoms. The van der Waals surface area contributed by atoms with Crippen molar-refractivity contribution in [1.82, 2.24) is 5.32 Å². The van der Waals surface area contributed by atoms with Crippen LogP contribution < -0.4 is 10.6 Å². The first-order valence-electron chi connectivity index (χ1n) is 4.89. The summed E-state index contributed by atoms with van der Waals surface area (Å²) in [6.07, 6.45) is -4.61. The molecule has 0 amide bonds. The number of guanidine groups is 1. The average molecular weight is 284 g/mol. The lowest BCUT2D eigenvalue weighted by molar-refractivity contribution is -0.137. The monoisotopic (exact) mass is 283 g/mol. The average Bonchev–Trinajstić information content (AvgIpc) is 2.72. The van der Waals surface area contributed by atoms with Crippen LogP contribution in [0.5, 0.6) is 0 Å². The lowest BCUT2D eigenvalue weighted by Gasteiger charge is -2.15. The van der Waals surface area contributed by atoms with E-state index in [2.05, 4.69) is 15.6 Å². The Balaban J connectivity index is 0.00000162. The standard InChI is InChI=1S/C10H9F4N3.ClH/c11-7-3-1-2-6(10(12,13)14)8(7)17-9-15-4-5-16-9;/h1-3H,4-5H2,(H2,15,16,17);1H. The second-order valence-electron chi connectivity index (χ2n) is 3.44. The van der Waals surface area contributed by atoms with Crippen molar-refractivity contribution in [2.24, 2.45) is 4.99 Å². The van der Waals surface area contributed by atoms with E-state index in [-0.39, 0.29) is 18.4 Å². The first-order valence-corrected chi connectivity index (χ1v) is 4.89. The van der Waals surface area contributed by atoms with Gasteiger partial charge in [0.15, 0.2) is 5.96 Å². The SMILES string of the molecule is Cl.Fc1cccc(C(F)(F)F)c1NC1=NCCN1. The fourth-order valence-corrected chi connectivity index (χ4v) is 1.49. The Morgan fingerprint density at radius 2 is 2.00 bits per heavy atom. The van der Waals surface area contributed by atoms with Crippen LogP contribution in [0.25, 0.3) is 0 Å². The Morgan fingerprint density at radius 1 is 1.28 bits per heavy atom. The molecule has 0 fully saturated rings. The molecule has 0 aliphatic carbocycles. The minimum absolute atomic E-state index is 0. The summed E-state index contributed by atoms with van der Waals surface area (Å²) in [6.45, 7) is 0.982. The number of para-hydroxylation sites is 1. The minimum Gasteiger partial charge on any atom is -0.354 e. The molecule has 1 aliphatic rings. The van der Waals surface area contributed by atoms with E-state index in [9.17, 15) is 17.6 Å². The number of halogens is 5. The van der Waals surface area contributed by atoms with Crippen molar-refractivity contribution >= 4 is 24.1 Å². The summed E-state index contributed by atoms with van der Waals surface area (Å²) in [5.41, 5.74) is -1.65. The number of anilines is 1. The van der Waals surface area contributed by atoms with Gasteiger partial charge in [0.25, 0.3) is 0 Å². The van der Waals surface area contributed by atoms with Gasteiger partial charge in [-0.1, -0.05) is 6.07 Å². The first kappa shape index (κ1) is 14.6. The van der Waals surface area contributed by atoms with Gasteiger partial charge in [-0.25, -0.2) is 4.39 Å². The van der Waals surface area contributed by atoms with Gasteiger partial charge < -0.3 is 10.6 Å². The van der Waals surface area contributed by atoms with Crippen molar-refractivity contribution < 1.29 is 17.6 Å². The molecule has 0 aromatic heterocycles. The first-order chi connectivity index (χ1) is 7.98. The summed E-state index contributed by atoms with van der Waals surface area (Å²) in [7, 11) is 0. The van der Waals surface area contributed by atoms with E-state index in [1.807, 2.05) is 0 Å². The number of aliphatic imine (C=N–C) groups is 1. The third kappa shape index (κ3) is 3.04. The van der Waals surface area contributed by atoms with E-state index >= 15 is 0 Å². The van der Waals surface area contributed by atoms with E-state index in [0.29, 0.717) is 13.1 Å². The maximum atomic E-state index is 13.4. The minimum atomic E-state index is -4.61. The van der Waals surface area contributed by atoms with Crippen LogP contribution >= 0.6 is 12.4 Å². The Bertz CT molecular complexity index is 459. The third-order valence-electron chi connectivity index (χ3n) is 2.24. The maximum Gasteiger partial charge on any atom is 0.418 e. The Labute approximate surface area is 107 Å². The molecule has 100 valence electrons. The molecule has 0 saturated heterocycles. The predicted molar refractivity (Wildman–Crippen MR) is 62.6 cm³/mol. The van der Waals surface area contributed by atoms with Gasteiger partial charge in [0.1, 0.15) is 5.82 Å². The second kappa shape index (κ2) is 5.43. The number of hydrogen-bond acceptors (Lipinski definition) is 3. The molecule has 0 saturated carbocycles. The fourth-order valence-electron chi connectivity index (χ4n) is 1.49. The lowest BCUT2D eigenvalue weighted by Crippen LogP contribution is -2.28. The van der Waals surface area contributed by atoms with Crippen LogP contribution in [0.1, 0.15) is 5.56 Å². The van der Waals surface area contributed by atoms with Gasteiger partial charge in [0.2, 0.25) is 0 Å². The molecule has 2 N–H and O–H groups in total. The normalized spacial score (nSPS) is 14.6. The smallest absolute Gasteiger partial charge is 0.354 e. The van der Waals surface area contributed by atoms with Crippen molar-refractivity contribution in [1.29, 1.82) is 0 Å². The van der Waals surface area contributed by atoms with E-state index in [0.717, 1.165) is 18.2 Å². The zero-order valence-electron chi connectivity index (χ0n) is 9.01. The lowest BCUT2D eigenvalue weighted by atomic mass is 10.1. The summed E-state index contributed by atoms with van der Waals surface area (Å²) in [5, 5.41) is 5.04. The largest absolute Gasteiger partial charge is 0.418 e. The second-order valence-corrected chi connectivity index (χ2v) is 3.44. The Hall–Kier alpha value is -1.50. The van der Waals surface area contributed by atoms with Gasteiger partial charge in [-0.05, 0) is 12.1 Å². The van der Waals surface area contributed by atoms with Gasteiger partial charge in [-0.15, -0.1) is 12.4 Å². The molecule has 1 heterocycles. The van der Waals surface area contributed by atoms with Gasteiger partial charge in [0, 0.05) is 6.54 Å². The van der Waals surface area contributed by atoms with Crippen LogP contribution in [0, 0.1) is 5.82 Å². The van der Waals surface area contributed by atoms with Crippen LogP contribution in [-0.2, 0) is 6.18 Å². The Morgan fingerprint density at radius 3 is 2.56 bits per heavy atom. The number of rotatable bonds is 1. The molecule has 0 radical (unpaired) electrons. The molecule has 1 aliphatic heterocycles. The third-order valence-corrected chi connectivity index (χ3v) is 2.24. The van der Waals surface area contributed by atoms with Crippen molar-refractivity contribution in [2.75, 3.05) is 18.4 Å². The molecule has 0 atom stereocenters. The van der Waals surface area contributed by atoms with Crippen LogP contribution in [0.2, 0.25) is 0 Å². The molecule has 0 bridgehead atoms. The highest BCUT2D eigenvalue weighted by Gasteiger charge is 2.35. The summed E-state index contributed by atoms with van der Waals surface area (Å²) < 4.78 is 51.3. The maximum absolute atomic E-state index is 13.4. The van der Waals surface area contributed by atoms with Gasteiger partial charge in [-0.3, -0.25) is 4.99 Å². The summed E-state index contributed by atoms with van der Waals surface area (Å²) in [6, 6.07) is 2.81. The molecule has 3 nitrogen and oxygen atoms in total. The zero-order chi connectivity index (χ0) is 12.5. The topological polar surface area (TPSA) is 36.4 Å². The predicted octanol–water partition coefficient (Wildman–Crippen LogP) is 2.64. The Kier molecular flexibility index (Phi) is 4.39.